The van der Waals surface area contributed by atoms with Crippen molar-refractivity contribution in [3.8, 4) is 0 Å². The van der Waals surface area contributed by atoms with E-state index in [2.05, 4.69) is 10.2 Å². The van der Waals surface area contributed by atoms with Crippen LogP contribution in [0.1, 0.15) is 12.8 Å². The van der Waals surface area contributed by atoms with Crippen molar-refractivity contribution in [2.75, 3.05) is 39.4 Å². The molecule has 3 nitrogen and oxygen atoms in total. The Morgan fingerprint density at radius 2 is 1.64 bits per heavy atom. The maximum atomic E-state index is 5.51. The first-order valence-electron chi connectivity index (χ1n) is 5.96. The molecule has 0 aliphatic carbocycles. The van der Waals surface area contributed by atoms with Crippen molar-refractivity contribution in [1.82, 2.24) is 10.2 Å². The zero-order valence-corrected chi connectivity index (χ0v) is 8.74. The molecular weight excluding hydrogens is 176 g/mol. The maximum absolute atomic E-state index is 5.51. The van der Waals surface area contributed by atoms with E-state index in [9.17, 15) is 0 Å². The predicted octanol–water partition coefficient (Wildman–Crippen LogP) is 0.317. The van der Waals surface area contributed by atoms with Gasteiger partial charge in [-0.05, 0) is 25.9 Å². The van der Waals surface area contributed by atoms with E-state index in [4.69, 9.17) is 4.74 Å². The number of hydrogen-bond donors (Lipinski definition) is 1. The van der Waals surface area contributed by atoms with Gasteiger partial charge in [0.2, 0.25) is 0 Å². The van der Waals surface area contributed by atoms with Gasteiger partial charge in [0, 0.05) is 31.0 Å². The third kappa shape index (κ3) is 1.58. The molecule has 0 radical (unpaired) electrons. The van der Waals surface area contributed by atoms with Gasteiger partial charge in [0.05, 0.1) is 13.2 Å². The third-order valence-corrected chi connectivity index (χ3v) is 4.09. The van der Waals surface area contributed by atoms with E-state index in [1.54, 1.807) is 0 Å². The zero-order chi connectivity index (χ0) is 9.38. The Bertz CT molecular complexity index is 191. The summed E-state index contributed by atoms with van der Waals surface area (Å²) < 4.78 is 5.51. The number of piperidine rings is 1. The summed E-state index contributed by atoms with van der Waals surface area (Å²) in [6.07, 6.45) is 2.70. The second-order valence-corrected chi connectivity index (χ2v) is 4.99. The van der Waals surface area contributed by atoms with Crippen molar-refractivity contribution in [3.63, 3.8) is 0 Å². The van der Waals surface area contributed by atoms with E-state index in [0.717, 1.165) is 31.1 Å². The van der Waals surface area contributed by atoms with Crippen molar-refractivity contribution in [1.29, 1.82) is 0 Å². The number of rotatable bonds is 1. The number of nitrogens with zero attached hydrogens (tertiary/aromatic N) is 1. The first-order valence-corrected chi connectivity index (χ1v) is 5.96. The zero-order valence-electron chi connectivity index (χ0n) is 8.74. The Labute approximate surface area is 85.8 Å². The molecule has 3 heterocycles. The molecule has 80 valence electrons. The minimum Gasteiger partial charge on any atom is -0.381 e. The quantitative estimate of drug-likeness (QED) is 0.653. The van der Waals surface area contributed by atoms with Gasteiger partial charge in [0.25, 0.3) is 0 Å². The van der Waals surface area contributed by atoms with Crippen LogP contribution in [0.5, 0.6) is 0 Å². The fourth-order valence-electron chi connectivity index (χ4n) is 3.19. The summed E-state index contributed by atoms with van der Waals surface area (Å²) in [7, 11) is 0. The van der Waals surface area contributed by atoms with E-state index in [0.29, 0.717) is 0 Å². The summed E-state index contributed by atoms with van der Waals surface area (Å²) in [6.45, 7) is 7.07. The lowest BCUT2D eigenvalue weighted by molar-refractivity contribution is 0.128. The minimum absolute atomic E-state index is 0.852. The highest BCUT2D eigenvalue weighted by Crippen LogP contribution is 2.31. The van der Waals surface area contributed by atoms with E-state index < -0.39 is 0 Å². The largest absolute Gasteiger partial charge is 0.381 e. The molecule has 3 fully saturated rings. The molecule has 3 rings (SSSR count). The Morgan fingerprint density at radius 3 is 2.29 bits per heavy atom. The van der Waals surface area contributed by atoms with Crippen LogP contribution in [0.3, 0.4) is 0 Å². The Kier molecular flexibility index (Phi) is 2.48. The Hall–Kier alpha value is -0.120. The Morgan fingerprint density at radius 1 is 1.00 bits per heavy atom. The van der Waals surface area contributed by atoms with E-state index in [-0.39, 0.29) is 0 Å². The summed E-state index contributed by atoms with van der Waals surface area (Å²) in [5.74, 6) is 1.70. The predicted molar refractivity (Wildman–Crippen MR) is 55.3 cm³/mol. The van der Waals surface area contributed by atoms with Crippen LogP contribution < -0.4 is 5.32 Å². The molecule has 0 amide bonds. The van der Waals surface area contributed by atoms with E-state index in [1.807, 2.05) is 0 Å². The van der Waals surface area contributed by atoms with Crippen molar-refractivity contribution < 1.29 is 4.74 Å². The van der Waals surface area contributed by atoms with Crippen LogP contribution in [0.25, 0.3) is 0 Å². The first kappa shape index (κ1) is 9.13. The normalized spacial score (nSPS) is 40.3. The minimum atomic E-state index is 0.852. The van der Waals surface area contributed by atoms with Crippen LogP contribution in [0.4, 0.5) is 0 Å². The van der Waals surface area contributed by atoms with Crippen molar-refractivity contribution in [2.45, 2.75) is 18.9 Å². The fourth-order valence-corrected chi connectivity index (χ4v) is 3.19. The van der Waals surface area contributed by atoms with Gasteiger partial charge in [-0.2, -0.15) is 0 Å². The highest BCUT2D eigenvalue weighted by molar-refractivity contribution is 4.91. The SMILES string of the molecule is C1CC(N2C[C@H]3COC[C@H]3C2)CCN1. The van der Waals surface area contributed by atoms with Gasteiger partial charge in [-0.3, -0.25) is 4.90 Å². The van der Waals surface area contributed by atoms with Crippen molar-refractivity contribution >= 4 is 0 Å². The average molecular weight is 196 g/mol. The number of nitrogens with one attached hydrogen (secondary N) is 1. The monoisotopic (exact) mass is 196 g/mol. The molecule has 3 heteroatoms. The van der Waals surface area contributed by atoms with Gasteiger partial charge in [-0.15, -0.1) is 0 Å². The van der Waals surface area contributed by atoms with Gasteiger partial charge in [0.15, 0.2) is 0 Å². The van der Waals surface area contributed by atoms with E-state index >= 15 is 0 Å². The second-order valence-electron chi connectivity index (χ2n) is 4.99. The van der Waals surface area contributed by atoms with Crippen LogP contribution in [-0.2, 0) is 4.74 Å². The smallest absolute Gasteiger partial charge is 0.0510 e. The summed E-state index contributed by atoms with van der Waals surface area (Å²) >= 11 is 0. The molecule has 0 aromatic carbocycles. The third-order valence-electron chi connectivity index (χ3n) is 4.09. The lowest BCUT2D eigenvalue weighted by Gasteiger charge is -2.31. The van der Waals surface area contributed by atoms with Crippen molar-refractivity contribution in [2.24, 2.45) is 11.8 Å². The fraction of sp³-hybridized carbons (Fsp3) is 1.00. The molecule has 0 saturated carbocycles. The summed E-state index contributed by atoms with van der Waals surface area (Å²) in [4.78, 5) is 2.72. The van der Waals surface area contributed by atoms with Gasteiger partial charge in [-0.25, -0.2) is 0 Å². The molecule has 0 aromatic heterocycles. The molecule has 14 heavy (non-hydrogen) atoms. The van der Waals surface area contributed by atoms with Gasteiger partial charge in [0.1, 0.15) is 0 Å². The highest BCUT2D eigenvalue weighted by atomic mass is 16.5. The summed E-state index contributed by atoms with van der Waals surface area (Å²) in [5.41, 5.74) is 0. The number of hydrogen-bond acceptors (Lipinski definition) is 3. The molecule has 0 unspecified atom stereocenters. The van der Waals surface area contributed by atoms with Gasteiger partial charge in [-0.1, -0.05) is 0 Å². The molecule has 0 bridgehead atoms. The summed E-state index contributed by atoms with van der Waals surface area (Å²) in [5, 5.41) is 3.44. The van der Waals surface area contributed by atoms with Crippen LogP contribution in [-0.4, -0.2) is 50.3 Å². The molecule has 3 saturated heterocycles. The number of ether oxygens (including phenoxy) is 1. The molecule has 3 aliphatic rings. The lowest BCUT2D eigenvalue weighted by atomic mass is 10.0. The van der Waals surface area contributed by atoms with Crippen LogP contribution in [0, 0.1) is 11.8 Å². The molecule has 3 aliphatic heterocycles. The number of fused-ring (bicyclic) bond motifs is 1. The van der Waals surface area contributed by atoms with Crippen LogP contribution in [0.2, 0.25) is 0 Å². The lowest BCUT2D eigenvalue weighted by Crippen LogP contribution is -2.42. The number of likely N-dealkylation sites (tertiary alicyclic amines) is 1. The molecule has 0 aromatic rings. The molecule has 2 atom stereocenters. The van der Waals surface area contributed by atoms with Gasteiger partial charge < -0.3 is 10.1 Å². The first-order chi connectivity index (χ1) is 6.93. The van der Waals surface area contributed by atoms with E-state index in [1.165, 1.54) is 39.0 Å². The average Bonchev–Trinajstić information content (AvgIpc) is 2.78. The second kappa shape index (κ2) is 3.80. The summed E-state index contributed by atoms with van der Waals surface area (Å²) in [6, 6.07) is 0.863. The maximum Gasteiger partial charge on any atom is 0.0510 e. The molecule has 1 N–H and O–H groups in total. The van der Waals surface area contributed by atoms with Crippen molar-refractivity contribution in [3.05, 3.63) is 0 Å². The molecular formula is C11H20N2O. The highest BCUT2D eigenvalue weighted by Gasteiger charge is 2.39. The standard InChI is InChI=1S/C11H20N2O/c1-3-12-4-2-11(1)13-5-9-7-14-8-10(9)6-13/h9-12H,1-8H2/t9-,10+. The van der Waals surface area contributed by atoms with Gasteiger partial charge >= 0.3 is 0 Å². The molecule has 0 spiro atoms. The van der Waals surface area contributed by atoms with Crippen LogP contribution >= 0.6 is 0 Å². The Balaban J connectivity index is 1.59. The van der Waals surface area contributed by atoms with Crippen LogP contribution in [0.15, 0.2) is 0 Å². The topological polar surface area (TPSA) is 24.5 Å².